The van der Waals surface area contributed by atoms with Crippen molar-refractivity contribution in [2.24, 2.45) is 0 Å². The molecule has 0 radical (unpaired) electrons. The van der Waals surface area contributed by atoms with Crippen molar-refractivity contribution in [1.29, 1.82) is 0 Å². The minimum atomic E-state index is -3.59. The van der Waals surface area contributed by atoms with Crippen LogP contribution in [0.5, 0.6) is 0 Å². The van der Waals surface area contributed by atoms with E-state index in [1.54, 1.807) is 40.6 Å². The van der Waals surface area contributed by atoms with Gasteiger partial charge in [-0.25, -0.2) is 21.6 Å². The van der Waals surface area contributed by atoms with Crippen LogP contribution < -0.4 is 4.72 Å². The Morgan fingerprint density at radius 2 is 1.66 bits per heavy atom. The number of thiophene rings is 1. The van der Waals surface area contributed by atoms with E-state index in [0.717, 1.165) is 16.9 Å². The molecule has 1 amide bonds. The number of sulfonamides is 2. The summed E-state index contributed by atoms with van der Waals surface area (Å²) in [4.78, 5) is 13.9. The number of carbonyl (C=O) groups is 1. The number of rotatable bonds is 8. The highest BCUT2D eigenvalue weighted by Crippen LogP contribution is 2.16. The minimum absolute atomic E-state index is 0.00554. The van der Waals surface area contributed by atoms with Crippen molar-refractivity contribution in [2.45, 2.75) is 16.4 Å². The highest BCUT2D eigenvalue weighted by atomic mass is 32.2. The standard InChI is InChI=1S/C18H23N3O5S3/c22-17(8-9-19-29(25,26)18-7-4-14-27-18)20-10-12-21(13-11-20)28(23,24)15-16-5-2-1-3-6-16/h1-7,14,19H,8-13,15H2. The molecule has 1 aliphatic heterocycles. The zero-order valence-electron chi connectivity index (χ0n) is 15.7. The zero-order valence-corrected chi connectivity index (χ0v) is 18.2. The van der Waals surface area contributed by atoms with Crippen LogP contribution in [0, 0.1) is 0 Å². The van der Waals surface area contributed by atoms with Crippen LogP contribution in [0.3, 0.4) is 0 Å². The fraction of sp³-hybridized carbons (Fsp3) is 0.389. The molecule has 8 nitrogen and oxygen atoms in total. The molecule has 0 aliphatic carbocycles. The van der Waals surface area contributed by atoms with Crippen LogP contribution >= 0.6 is 11.3 Å². The molecular formula is C18H23N3O5S3. The maximum atomic E-state index is 12.6. The van der Waals surface area contributed by atoms with Gasteiger partial charge in [0.2, 0.25) is 26.0 Å². The number of carbonyl (C=O) groups excluding carboxylic acids is 1. The minimum Gasteiger partial charge on any atom is -0.340 e. The number of nitrogens with zero attached hydrogens (tertiary/aromatic N) is 2. The molecule has 29 heavy (non-hydrogen) atoms. The summed E-state index contributed by atoms with van der Waals surface area (Å²) < 4.78 is 53.3. The lowest BCUT2D eigenvalue weighted by Crippen LogP contribution is -2.51. The molecule has 0 unspecified atom stereocenters. The quantitative estimate of drug-likeness (QED) is 0.639. The largest absolute Gasteiger partial charge is 0.340 e. The van der Waals surface area contributed by atoms with Gasteiger partial charge in [0.1, 0.15) is 4.21 Å². The van der Waals surface area contributed by atoms with Crippen LogP contribution in [-0.4, -0.2) is 64.7 Å². The Labute approximate surface area is 175 Å². The highest BCUT2D eigenvalue weighted by Gasteiger charge is 2.29. The first-order chi connectivity index (χ1) is 13.8. The monoisotopic (exact) mass is 457 g/mol. The maximum Gasteiger partial charge on any atom is 0.250 e. The Kier molecular flexibility index (Phi) is 7.06. The van der Waals surface area contributed by atoms with E-state index in [2.05, 4.69) is 4.72 Å². The van der Waals surface area contributed by atoms with Crippen molar-refractivity contribution >= 4 is 37.3 Å². The maximum absolute atomic E-state index is 12.6. The summed E-state index contributed by atoms with van der Waals surface area (Å²) in [6, 6.07) is 12.1. The van der Waals surface area contributed by atoms with Gasteiger partial charge in [0, 0.05) is 39.1 Å². The third-order valence-electron chi connectivity index (χ3n) is 4.57. The van der Waals surface area contributed by atoms with Gasteiger partial charge in [-0.3, -0.25) is 4.79 Å². The van der Waals surface area contributed by atoms with Gasteiger partial charge in [-0.15, -0.1) is 11.3 Å². The Hall–Kier alpha value is -1.79. The first-order valence-electron chi connectivity index (χ1n) is 9.11. The zero-order chi connectivity index (χ0) is 20.9. The average molecular weight is 458 g/mol. The van der Waals surface area contributed by atoms with E-state index >= 15 is 0 Å². The molecule has 1 aliphatic rings. The molecule has 1 aromatic heterocycles. The second kappa shape index (κ2) is 9.35. The van der Waals surface area contributed by atoms with E-state index in [4.69, 9.17) is 0 Å². The normalized spacial score (nSPS) is 16.1. The SMILES string of the molecule is O=C(CCNS(=O)(=O)c1cccs1)N1CCN(S(=O)(=O)Cc2ccccc2)CC1. The van der Waals surface area contributed by atoms with Crippen LogP contribution in [0.15, 0.2) is 52.1 Å². The Morgan fingerprint density at radius 1 is 0.966 bits per heavy atom. The molecule has 0 saturated carbocycles. The van der Waals surface area contributed by atoms with Gasteiger partial charge in [-0.1, -0.05) is 36.4 Å². The summed E-state index contributed by atoms with van der Waals surface area (Å²) in [5.74, 6) is -0.259. The van der Waals surface area contributed by atoms with Crippen LogP contribution in [-0.2, 0) is 30.6 Å². The molecule has 1 fully saturated rings. The van der Waals surface area contributed by atoms with Crippen LogP contribution in [0.25, 0.3) is 0 Å². The third kappa shape index (κ3) is 5.86. The molecule has 2 heterocycles. The van der Waals surface area contributed by atoms with E-state index in [9.17, 15) is 21.6 Å². The lowest BCUT2D eigenvalue weighted by molar-refractivity contribution is -0.132. The van der Waals surface area contributed by atoms with Gasteiger partial charge in [-0.05, 0) is 17.0 Å². The van der Waals surface area contributed by atoms with E-state index in [1.807, 2.05) is 6.07 Å². The van der Waals surface area contributed by atoms with E-state index in [-0.39, 0.29) is 41.9 Å². The van der Waals surface area contributed by atoms with Crippen LogP contribution in [0.4, 0.5) is 0 Å². The predicted molar refractivity (Wildman–Crippen MR) is 111 cm³/mol. The second-order valence-corrected chi connectivity index (χ2v) is 11.5. The molecule has 1 saturated heterocycles. The topological polar surface area (TPSA) is 104 Å². The number of nitrogens with one attached hydrogen (secondary N) is 1. The molecule has 0 spiro atoms. The first kappa shape index (κ1) is 21.9. The van der Waals surface area contributed by atoms with E-state index in [0.29, 0.717) is 13.1 Å². The Balaban J connectivity index is 1.46. The van der Waals surface area contributed by atoms with E-state index in [1.165, 1.54) is 10.4 Å². The fourth-order valence-corrected chi connectivity index (χ4v) is 6.62. The second-order valence-electron chi connectivity index (χ2n) is 6.60. The summed E-state index contributed by atoms with van der Waals surface area (Å²) in [5.41, 5.74) is 0.726. The molecular weight excluding hydrogens is 434 g/mol. The highest BCUT2D eigenvalue weighted by molar-refractivity contribution is 7.91. The third-order valence-corrected chi connectivity index (χ3v) is 9.28. The van der Waals surface area contributed by atoms with Crippen molar-refractivity contribution in [3.05, 3.63) is 53.4 Å². The molecule has 11 heteroatoms. The number of amides is 1. The molecule has 3 rings (SSSR count). The number of hydrogen-bond donors (Lipinski definition) is 1. The van der Waals surface area contributed by atoms with Crippen molar-refractivity contribution < 1.29 is 21.6 Å². The predicted octanol–water partition coefficient (Wildman–Crippen LogP) is 1.09. The molecule has 1 N–H and O–H groups in total. The Morgan fingerprint density at radius 3 is 2.28 bits per heavy atom. The molecule has 1 aromatic carbocycles. The van der Waals surface area contributed by atoms with Gasteiger partial charge in [0.25, 0.3) is 0 Å². The fourth-order valence-electron chi connectivity index (χ4n) is 3.03. The van der Waals surface area contributed by atoms with Gasteiger partial charge >= 0.3 is 0 Å². The van der Waals surface area contributed by atoms with Crippen molar-refractivity contribution in [1.82, 2.24) is 13.9 Å². The smallest absolute Gasteiger partial charge is 0.250 e. The lowest BCUT2D eigenvalue weighted by Gasteiger charge is -2.34. The number of benzene rings is 1. The van der Waals surface area contributed by atoms with Gasteiger partial charge in [-0.2, -0.15) is 4.31 Å². The van der Waals surface area contributed by atoms with Gasteiger partial charge < -0.3 is 4.90 Å². The van der Waals surface area contributed by atoms with Gasteiger partial charge in [0.05, 0.1) is 5.75 Å². The molecule has 0 bridgehead atoms. The van der Waals surface area contributed by atoms with Crippen molar-refractivity contribution in [2.75, 3.05) is 32.7 Å². The van der Waals surface area contributed by atoms with Crippen LogP contribution in [0.2, 0.25) is 0 Å². The van der Waals surface area contributed by atoms with Crippen molar-refractivity contribution in [3.63, 3.8) is 0 Å². The number of piperazine rings is 1. The summed E-state index contributed by atoms with van der Waals surface area (Å²) in [7, 11) is -7.03. The number of hydrogen-bond acceptors (Lipinski definition) is 6. The summed E-state index contributed by atoms with van der Waals surface area (Å²) in [6.07, 6.45) is 0.0291. The van der Waals surface area contributed by atoms with Crippen LogP contribution in [0.1, 0.15) is 12.0 Å². The Bertz CT molecular complexity index is 1010. The molecule has 158 valence electrons. The van der Waals surface area contributed by atoms with E-state index < -0.39 is 20.0 Å². The molecule has 0 atom stereocenters. The first-order valence-corrected chi connectivity index (χ1v) is 13.1. The average Bonchev–Trinajstić information content (AvgIpc) is 3.24. The summed E-state index contributed by atoms with van der Waals surface area (Å²) in [5, 5.41) is 1.67. The van der Waals surface area contributed by atoms with Gasteiger partial charge in [0.15, 0.2) is 0 Å². The van der Waals surface area contributed by atoms with Crippen molar-refractivity contribution in [3.8, 4) is 0 Å². The molecule has 2 aromatic rings. The summed E-state index contributed by atoms with van der Waals surface area (Å²) in [6.45, 7) is 1.07. The summed E-state index contributed by atoms with van der Waals surface area (Å²) >= 11 is 1.11. The lowest BCUT2D eigenvalue weighted by atomic mass is 10.2.